The molecule has 2 fully saturated rings. The molecule has 27 heavy (non-hydrogen) atoms. The van der Waals surface area contributed by atoms with Gasteiger partial charge in [-0.15, -0.1) is 0 Å². The predicted octanol–water partition coefficient (Wildman–Crippen LogP) is 1.43. The van der Waals surface area contributed by atoms with Gasteiger partial charge in [0.2, 0.25) is 5.91 Å². The maximum atomic E-state index is 12.9. The van der Waals surface area contributed by atoms with Crippen LogP contribution in [0.1, 0.15) is 39.5 Å². The average Bonchev–Trinajstić information content (AvgIpc) is 2.56. The van der Waals surface area contributed by atoms with Gasteiger partial charge >= 0.3 is 6.03 Å². The molecule has 0 aromatic heterocycles. The molecule has 0 unspecified atom stereocenters. The minimum atomic E-state index is -0.351. The van der Waals surface area contributed by atoms with Crippen molar-refractivity contribution < 1.29 is 14.4 Å². The fourth-order valence-electron chi connectivity index (χ4n) is 4.72. The zero-order valence-corrected chi connectivity index (χ0v) is 17.7. The van der Waals surface area contributed by atoms with E-state index in [-0.39, 0.29) is 29.2 Å². The number of urea groups is 1. The fourth-order valence-corrected chi connectivity index (χ4v) is 4.72. The van der Waals surface area contributed by atoms with Gasteiger partial charge in [0.25, 0.3) is 0 Å². The van der Waals surface area contributed by atoms with Crippen molar-refractivity contribution in [3.8, 4) is 0 Å². The Labute approximate surface area is 163 Å². The Morgan fingerprint density at radius 1 is 1.26 bits per heavy atom. The molecule has 0 spiro atoms. The van der Waals surface area contributed by atoms with E-state index in [4.69, 9.17) is 0 Å². The summed E-state index contributed by atoms with van der Waals surface area (Å²) >= 11 is 0. The minimum absolute atomic E-state index is 0.0796. The third-order valence-corrected chi connectivity index (χ3v) is 5.86. The van der Waals surface area contributed by atoms with Crippen LogP contribution < -0.4 is 5.32 Å². The van der Waals surface area contributed by atoms with E-state index < -0.39 is 0 Å². The van der Waals surface area contributed by atoms with E-state index in [9.17, 15) is 14.4 Å². The van der Waals surface area contributed by atoms with E-state index in [1.807, 2.05) is 21.1 Å². The molecule has 1 aliphatic heterocycles. The molecule has 1 saturated heterocycles. The minimum Gasteiger partial charge on any atom is -0.337 e. The molecule has 3 atom stereocenters. The SMILES string of the molecule is CN(C)CC(C)(C)CNC(=O)N(C)C(=O)[C@@H]1C[C@@H]2CC(=O)CC[C@H]2N(C)C1. The van der Waals surface area contributed by atoms with Crippen LogP contribution in [0.25, 0.3) is 0 Å². The van der Waals surface area contributed by atoms with Crippen LogP contribution >= 0.6 is 0 Å². The highest BCUT2D eigenvalue weighted by atomic mass is 16.2. The topological polar surface area (TPSA) is 73.0 Å². The maximum Gasteiger partial charge on any atom is 0.323 e. The molecule has 3 amide bonds. The van der Waals surface area contributed by atoms with Crippen molar-refractivity contribution in [1.29, 1.82) is 0 Å². The Morgan fingerprint density at radius 3 is 2.56 bits per heavy atom. The first-order valence-electron chi connectivity index (χ1n) is 9.92. The van der Waals surface area contributed by atoms with Crippen molar-refractivity contribution >= 4 is 17.7 Å². The van der Waals surface area contributed by atoms with Crippen LogP contribution in [-0.4, -0.2) is 86.3 Å². The standard InChI is InChI=1S/C20H36N4O3/c1-20(2,13-22(3)4)12-21-19(27)24(6)18(26)15-9-14-10-16(25)7-8-17(14)23(5)11-15/h14-15,17H,7-13H2,1-6H3,(H,21,27)/t14-,15-,17-/m1/s1. The number of Topliss-reactive ketones (excluding diaryl/α,β-unsaturated/α-hetero) is 1. The van der Waals surface area contributed by atoms with Crippen LogP contribution in [0.15, 0.2) is 0 Å². The van der Waals surface area contributed by atoms with Crippen molar-refractivity contribution in [2.24, 2.45) is 17.3 Å². The number of piperidine rings is 1. The van der Waals surface area contributed by atoms with Crippen LogP contribution in [0.5, 0.6) is 0 Å². The fraction of sp³-hybridized carbons (Fsp3) is 0.850. The molecular weight excluding hydrogens is 344 g/mol. The third-order valence-electron chi connectivity index (χ3n) is 5.86. The van der Waals surface area contributed by atoms with Gasteiger partial charge in [-0.25, -0.2) is 4.79 Å². The highest BCUT2D eigenvalue weighted by Gasteiger charge is 2.41. The monoisotopic (exact) mass is 380 g/mol. The second-order valence-corrected chi connectivity index (χ2v) is 9.44. The summed E-state index contributed by atoms with van der Waals surface area (Å²) in [7, 11) is 7.58. The normalized spacial score (nSPS) is 26.6. The van der Waals surface area contributed by atoms with E-state index in [2.05, 4.69) is 29.0 Å². The first-order chi connectivity index (χ1) is 12.5. The van der Waals surface area contributed by atoms with Gasteiger partial charge in [-0.2, -0.15) is 0 Å². The summed E-state index contributed by atoms with van der Waals surface area (Å²) in [6.45, 7) is 6.18. The Bertz CT molecular complexity index is 576. The van der Waals surface area contributed by atoms with Crippen LogP contribution in [0.3, 0.4) is 0 Å². The first-order valence-corrected chi connectivity index (χ1v) is 9.92. The molecule has 1 saturated carbocycles. The van der Waals surface area contributed by atoms with Crippen molar-refractivity contribution in [3.63, 3.8) is 0 Å². The summed E-state index contributed by atoms with van der Waals surface area (Å²) in [6, 6.07) is 0.0362. The highest BCUT2D eigenvalue weighted by Crippen LogP contribution is 2.36. The summed E-state index contributed by atoms with van der Waals surface area (Å²) in [5.74, 6) is 0.148. The molecule has 0 aromatic rings. The van der Waals surface area contributed by atoms with Gasteiger partial charge in [0, 0.05) is 45.6 Å². The lowest BCUT2D eigenvalue weighted by atomic mass is 9.74. The van der Waals surface area contributed by atoms with E-state index >= 15 is 0 Å². The lowest BCUT2D eigenvalue weighted by Gasteiger charge is -2.45. The van der Waals surface area contributed by atoms with E-state index in [1.54, 1.807) is 7.05 Å². The molecule has 1 aliphatic carbocycles. The molecule has 0 aromatic carbocycles. The number of hydrogen-bond acceptors (Lipinski definition) is 5. The summed E-state index contributed by atoms with van der Waals surface area (Å²) in [5, 5.41) is 2.89. The maximum absolute atomic E-state index is 12.9. The van der Waals surface area contributed by atoms with Gasteiger partial charge in [0.15, 0.2) is 0 Å². The second-order valence-electron chi connectivity index (χ2n) is 9.44. The number of fused-ring (bicyclic) bond motifs is 1. The van der Waals surface area contributed by atoms with E-state index in [1.165, 1.54) is 4.90 Å². The average molecular weight is 381 g/mol. The number of likely N-dealkylation sites (tertiary alicyclic amines) is 1. The number of hydrogen-bond donors (Lipinski definition) is 1. The molecular formula is C20H36N4O3. The Kier molecular flexibility index (Phi) is 7.03. The Hall–Kier alpha value is -1.47. The summed E-state index contributed by atoms with van der Waals surface area (Å²) in [5.41, 5.74) is -0.0796. The molecule has 2 aliphatic rings. The largest absolute Gasteiger partial charge is 0.337 e. The highest BCUT2D eigenvalue weighted by molar-refractivity contribution is 5.95. The number of ketones is 1. The van der Waals surface area contributed by atoms with Crippen molar-refractivity contribution in [2.75, 3.05) is 47.8 Å². The summed E-state index contributed by atoms with van der Waals surface area (Å²) in [6.07, 6.45) is 2.80. The second kappa shape index (κ2) is 8.69. The van der Waals surface area contributed by atoms with Crippen LogP contribution in [-0.2, 0) is 9.59 Å². The number of nitrogens with zero attached hydrogens (tertiary/aromatic N) is 3. The molecule has 0 bridgehead atoms. The lowest BCUT2D eigenvalue weighted by molar-refractivity contribution is -0.137. The quantitative estimate of drug-likeness (QED) is 0.781. The van der Waals surface area contributed by atoms with Crippen molar-refractivity contribution in [3.05, 3.63) is 0 Å². The van der Waals surface area contributed by atoms with Crippen molar-refractivity contribution in [1.82, 2.24) is 20.0 Å². The summed E-state index contributed by atoms with van der Waals surface area (Å²) < 4.78 is 0. The summed E-state index contributed by atoms with van der Waals surface area (Å²) in [4.78, 5) is 42.7. The number of rotatable bonds is 5. The molecule has 1 heterocycles. The van der Waals surface area contributed by atoms with Gasteiger partial charge in [0.05, 0.1) is 5.92 Å². The number of carbonyl (C=O) groups excluding carboxylic acids is 3. The molecule has 7 nitrogen and oxygen atoms in total. The van der Waals surface area contributed by atoms with Gasteiger partial charge in [-0.1, -0.05) is 13.8 Å². The zero-order chi connectivity index (χ0) is 20.4. The van der Waals surface area contributed by atoms with E-state index in [0.29, 0.717) is 44.2 Å². The predicted molar refractivity (Wildman–Crippen MR) is 105 cm³/mol. The van der Waals surface area contributed by atoms with E-state index in [0.717, 1.165) is 13.0 Å². The number of nitrogens with one attached hydrogen (secondary N) is 1. The Balaban J connectivity index is 1.92. The molecule has 7 heteroatoms. The van der Waals surface area contributed by atoms with Crippen molar-refractivity contribution in [2.45, 2.75) is 45.6 Å². The van der Waals surface area contributed by atoms with Crippen LogP contribution in [0, 0.1) is 17.3 Å². The first kappa shape index (κ1) is 21.8. The molecule has 154 valence electrons. The Morgan fingerprint density at radius 2 is 1.93 bits per heavy atom. The smallest absolute Gasteiger partial charge is 0.323 e. The number of carbonyl (C=O) groups is 3. The lowest BCUT2D eigenvalue weighted by Crippen LogP contribution is -2.54. The third kappa shape index (κ3) is 5.75. The molecule has 0 radical (unpaired) electrons. The zero-order valence-electron chi connectivity index (χ0n) is 17.7. The van der Waals surface area contributed by atoms with Gasteiger partial charge in [0.1, 0.15) is 5.78 Å². The van der Waals surface area contributed by atoms with Crippen LogP contribution in [0.2, 0.25) is 0 Å². The number of amides is 3. The van der Waals surface area contributed by atoms with Crippen LogP contribution in [0.4, 0.5) is 4.79 Å². The molecule has 2 rings (SSSR count). The van der Waals surface area contributed by atoms with Gasteiger partial charge < -0.3 is 15.1 Å². The van der Waals surface area contributed by atoms with Gasteiger partial charge in [-0.05, 0) is 45.3 Å². The van der Waals surface area contributed by atoms with Gasteiger partial charge in [-0.3, -0.25) is 14.5 Å². The number of imide groups is 1. The molecule has 1 N–H and O–H groups in total.